The zero-order valence-corrected chi connectivity index (χ0v) is 16.9. The zero-order chi connectivity index (χ0) is 19.6. The van der Waals surface area contributed by atoms with E-state index in [4.69, 9.17) is 16.3 Å². The average molecular weight is 407 g/mol. The molecule has 1 atom stereocenters. The number of carbonyl (C=O) groups excluding carboxylic acids is 2. The molecule has 0 aromatic heterocycles. The van der Waals surface area contributed by atoms with Gasteiger partial charge in [0.05, 0.1) is 24.0 Å². The molecule has 1 unspecified atom stereocenters. The highest BCUT2D eigenvalue weighted by Gasteiger charge is 2.17. The lowest BCUT2D eigenvalue weighted by molar-refractivity contribution is -0.118. The van der Waals surface area contributed by atoms with E-state index in [2.05, 4.69) is 10.6 Å². The summed E-state index contributed by atoms with van der Waals surface area (Å²) in [4.78, 5) is 25.4. The fourth-order valence-corrected chi connectivity index (χ4v) is 3.62. The summed E-state index contributed by atoms with van der Waals surface area (Å²) in [6.07, 6.45) is 0. The predicted molar refractivity (Wildman–Crippen MR) is 109 cm³/mol. The van der Waals surface area contributed by atoms with Gasteiger partial charge >= 0.3 is 0 Å². The van der Waals surface area contributed by atoms with Crippen molar-refractivity contribution in [2.24, 2.45) is 0 Å². The first-order valence-corrected chi connectivity index (χ1v) is 9.92. The summed E-state index contributed by atoms with van der Waals surface area (Å²) in [6.45, 7) is 2.82. The van der Waals surface area contributed by atoms with E-state index in [1.54, 1.807) is 25.3 Å². The largest absolute Gasteiger partial charge is 0.383 e. The van der Waals surface area contributed by atoms with Crippen molar-refractivity contribution in [3.63, 3.8) is 0 Å². The Kier molecular flexibility index (Phi) is 8.64. The van der Waals surface area contributed by atoms with Crippen molar-refractivity contribution in [2.75, 3.05) is 26.0 Å². The molecule has 0 bridgehead atoms. The van der Waals surface area contributed by atoms with E-state index >= 15 is 0 Å². The zero-order valence-electron chi connectivity index (χ0n) is 15.3. The molecule has 0 saturated carbocycles. The standard InChI is InChI=1S/C20H23ClN2O3S/c1-14(15-7-3-5-9-17(15)21)23-20(25)16-8-4-6-10-18(16)27-13-19(24)22-11-12-26-2/h3-10,14H,11-13H2,1-2H3,(H,22,24)(H,23,25). The number of hydrogen-bond acceptors (Lipinski definition) is 4. The molecule has 0 aliphatic heterocycles. The van der Waals surface area contributed by atoms with Gasteiger partial charge in [-0.25, -0.2) is 0 Å². The molecule has 5 nitrogen and oxygen atoms in total. The number of methoxy groups -OCH3 is 1. The number of halogens is 1. The highest BCUT2D eigenvalue weighted by Crippen LogP contribution is 2.25. The molecule has 0 aliphatic carbocycles. The number of carbonyl (C=O) groups is 2. The second-order valence-electron chi connectivity index (χ2n) is 5.84. The molecule has 2 amide bonds. The minimum atomic E-state index is -0.235. The van der Waals surface area contributed by atoms with Crippen LogP contribution in [-0.2, 0) is 9.53 Å². The van der Waals surface area contributed by atoms with E-state index in [1.807, 2.05) is 37.3 Å². The summed E-state index contributed by atoms with van der Waals surface area (Å²) < 4.78 is 4.90. The van der Waals surface area contributed by atoms with E-state index in [0.717, 1.165) is 10.5 Å². The topological polar surface area (TPSA) is 67.4 Å². The molecule has 2 aromatic carbocycles. The lowest BCUT2D eigenvalue weighted by atomic mass is 10.1. The van der Waals surface area contributed by atoms with Gasteiger partial charge in [0.25, 0.3) is 5.91 Å². The fraction of sp³-hybridized carbons (Fsp3) is 0.300. The summed E-state index contributed by atoms with van der Waals surface area (Å²) in [5, 5.41) is 6.34. The van der Waals surface area contributed by atoms with Crippen LogP contribution < -0.4 is 10.6 Å². The third-order valence-electron chi connectivity index (χ3n) is 3.84. The second-order valence-corrected chi connectivity index (χ2v) is 7.27. The molecular weight excluding hydrogens is 384 g/mol. The van der Waals surface area contributed by atoms with Crippen LogP contribution in [0.15, 0.2) is 53.4 Å². The van der Waals surface area contributed by atoms with E-state index < -0.39 is 0 Å². The fourth-order valence-electron chi connectivity index (χ4n) is 2.45. The van der Waals surface area contributed by atoms with Gasteiger partial charge in [0.2, 0.25) is 5.91 Å². The van der Waals surface area contributed by atoms with E-state index in [0.29, 0.717) is 23.7 Å². The minimum Gasteiger partial charge on any atom is -0.383 e. The maximum atomic E-state index is 12.7. The van der Waals surface area contributed by atoms with E-state index in [1.165, 1.54) is 11.8 Å². The Morgan fingerprint density at radius 1 is 1.15 bits per heavy atom. The highest BCUT2D eigenvalue weighted by molar-refractivity contribution is 8.00. The van der Waals surface area contributed by atoms with Crippen LogP contribution in [0.25, 0.3) is 0 Å². The monoisotopic (exact) mass is 406 g/mol. The molecule has 2 N–H and O–H groups in total. The highest BCUT2D eigenvalue weighted by atomic mass is 35.5. The van der Waals surface area contributed by atoms with Crippen LogP contribution >= 0.6 is 23.4 Å². The number of rotatable bonds is 9. The Hall–Kier alpha value is -2.02. The number of ether oxygens (including phenoxy) is 1. The molecule has 7 heteroatoms. The van der Waals surface area contributed by atoms with Gasteiger partial charge in [0.15, 0.2) is 0 Å². The lowest BCUT2D eigenvalue weighted by Gasteiger charge is -2.17. The van der Waals surface area contributed by atoms with Crippen LogP contribution in [0.3, 0.4) is 0 Å². The quantitative estimate of drug-likeness (QED) is 0.492. The summed E-state index contributed by atoms with van der Waals surface area (Å²) in [6, 6.07) is 14.4. The van der Waals surface area contributed by atoms with Gasteiger partial charge < -0.3 is 15.4 Å². The number of hydrogen-bond donors (Lipinski definition) is 2. The summed E-state index contributed by atoms with van der Waals surface area (Å²) in [5.74, 6) is -0.0735. The second kappa shape index (κ2) is 11.0. The Bertz CT molecular complexity index is 785. The number of amides is 2. The van der Waals surface area contributed by atoms with Gasteiger partial charge in [0.1, 0.15) is 0 Å². The molecule has 2 aromatic rings. The maximum Gasteiger partial charge on any atom is 0.252 e. The van der Waals surface area contributed by atoms with Gasteiger partial charge in [-0.2, -0.15) is 0 Å². The average Bonchev–Trinajstić information content (AvgIpc) is 2.67. The molecule has 0 fully saturated rings. The number of benzene rings is 2. The normalized spacial score (nSPS) is 11.7. The third-order valence-corrected chi connectivity index (χ3v) is 5.26. The van der Waals surface area contributed by atoms with Crippen molar-refractivity contribution in [1.82, 2.24) is 10.6 Å². The van der Waals surface area contributed by atoms with Gasteiger partial charge in [0, 0.05) is 23.6 Å². The van der Waals surface area contributed by atoms with E-state index in [-0.39, 0.29) is 23.6 Å². The molecule has 0 radical (unpaired) electrons. The van der Waals surface area contributed by atoms with Crippen molar-refractivity contribution in [3.8, 4) is 0 Å². The van der Waals surface area contributed by atoms with Gasteiger partial charge in [-0.3, -0.25) is 9.59 Å². The summed E-state index contributed by atoms with van der Waals surface area (Å²) in [5.41, 5.74) is 1.39. The maximum absolute atomic E-state index is 12.7. The van der Waals surface area contributed by atoms with Gasteiger partial charge in [-0.1, -0.05) is 41.9 Å². The van der Waals surface area contributed by atoms with E-state index in [9.17, 15) is 9.59 Å². The van der Waals surface area contributed by atoms with Crippen LogP contribution in [0, 0.1) is 0 Å². The third kappa shape index (κ3) is 6.57. The first-order chi connectivity index (χ1) is 13.0. The molecule has 0 heterocycles. The SMILES string of the molecule is COCCNC(=O)CSc1ccccc1C(=O)NC(C)c1ccccc1Cl. The lowest BCUT2D eigenvalue weighted by Crippen LogP contribution is -2.29. The smallest absolute Gasteiger partial charge is 0.252 e. The Morgan fingerprint density at radius 3 is 2.59 bits per heavy atom. The van der Waals surface area contributed by atoms with Crippen LogP contribution in [0.4, 0.5) is 0 Å². The molecule has 0 spiro atoms. The summed E-state index contributed by atoms with van der Waals surface area (Å²) >= 11 is 7.54. The molecule has 144 valence electrons. The van der Waals surface area contributed by atoms with Crippen LogP contribution in [0.5, 0.6) is 0 Å². The van der Waals surface area contributed by atoms with Crippen molar-refractivity contribution >= 4 is 35.2 Å². The molecule has 0 saturated heterocycles. The summed E-state index contributed by atoms with van der Waals surface area (Å²) in [7, 11) is 1.58. The first-order valence-electron chi connectivity index (χ1n) is 8.55. The Labute approximate surface area is 168 Å². The Morgan fingerprint density at radius 2 is 1.85 bits per heavy atom. The predicted octanol–water partition coefficient (Wildman–Crippen LogP) is 3.69. The molecular formula is C20H23ClN2O3S. The van der Waals surface area contributed by atoms with Crippen molar-refractivity contribution < 1.29 is 14.3 Å². The number of nitrogens with one attached hydrogen (secondary N) is 2. The number of thioether (sulfide) groups is 1. The van der Waals surface area contributed by atoms with Gasteiger partial charge in [-0.15, -0.1) is 11.8 Å². The van der Waals surface area contributed by atoms with Crippen LogP contribution in [-0.4, -0.2) is 37.8 Å². The van der Waals surface area contributed by atoms with Crippen molar-refractivity contribution in [1.29, 1.82) is 0 Å². The first kappa shape index (κ1) is 21.3. The minimum absolute atomic E-state index is 0.100. The van der Waals surface area contributed by atoms with Crippen molar-refractivity contribution in [2.45, 2.75) is 17.9 Å². The Balaban J connectivity index is 2.00. The van der Waals surface area contributed by atoms with Crippen LogP contribution in [0.2, 0.25) is 5.02 Å². The molecule has 0 aliphatic rings. The van der Waals surface area contributed by atoms with Crippen molar-refractivity contribution in [3.05, 3.63) is 64.7 Å². The van der Waals surface area contributed by atoms with Gasteiger partial charge in [-0.05, 0) is 30.7 Å². The molecule has 2 rings (SSSR count). The van der Waals surface area contributed by atoms with Crippen LogP contribution in [0.1, 0.15) is 28.9 Å². The molecule has 27 heavy (non-hydrogen) atoms.